The summed E-state index contributed by atoms with van der Waals surface area (Å²) >= 11 is 0. The largest absolute Gasteiger partial charge is 0.314 e. The molecule has 0 saturated carbocycles. The van der Waals surface area contributed by atoms with E-state index in [0.29, 0.717) is 12.3 Å². The normalized spacial score (nSPS) is 25.8. The quantitative estimate of drug-likeness (QED) is 0.647. The molecule has 1 unspecified atom stereocenters. The van der Waals surface area contributed by atoms with Crippen LogP contribution in [0, 0.1) is 0 Å². The molecule has 1 rings (SSSR count). The minimum Gasteiger partial charge on any atom is -0.314 e. The predicted octanol–water partition coefficient (Wildman–Crippen LogP) is -0.285. The highest BCUT2D eigenvalue weighted by atomic mass is 32.2. The van der Waals surface area contributed by atoms with E-state index in [0.717, 1.165) is 25.9 Å². The highest BCUT2D eigenvalue weighted by Gasteiger charge is 2.30. The van der Waals surface area contributed by atoms with E-state index >= 15 is 0 Å². The molecule has 1 aliphatic rings. The van der Waals surface area contributed by atoms with Gasteiger partial charge in [0.15, 0.2) is 9.84 Å². The molecule has 84 valence electrons. The standard InChI is InChI=1S/C9H20N2O2S/c1-11(2)6-5-10-8-9-4-3-7-14(9,12)13/h9-10H,3-8H2,1-2H3. The minimum atomic E-state index is -2.76. The molecule has 0 bridgehead atoms. The van der Waals surface area contributed by atoms with Crippen molar-refractivity contribution in [3.8, 4) is 0 Å². The predicted molar refractivity (Wildman–Crippen MR) is 58.2 cm³/mol. The molecule has 1 saturated heterocycles. The number of likely N-dealkylation sites (N-methyl/N-ethyl adjacent to an activating group) is 1. The molecule has 1 aliphatic heterocycles. The molecule has 1 N–H and O–H groups in total. The lowest BCUT2D eigenvalue weighted by Crippen LogP contribution is -2.34. The lowest BCUT2D eigenvalue weighted by Gasteiger charge is -2.13. The Balaban J connectivity index is 2.19. The third-order valence-electron chi connectivity index (χ3n) is 2.57. The van der Waals surface area contributed by atoms with Gasteiger partial charge in [-0.1, -0.05) is 0 Å². The Morgan fingerprint density at radius 3 is 2.64 bits per heavy atom. The molecule has 0 spiro atoms. The van der Waals surface area contributed by atoms with Crippen molar-refractivity contribution in [3.05, 3.63) is 0 Å². The highest BCUT2D eigenvalue weighted by Crippen LogP contribution is 2.18. The summed E-state index contributed by atoms with van der Waals surface area (Å²) in [5, 5.41) is 3.06. The van der Waals surface area contributed by atoms with Crippen molar-refractivity contribution in [2.24, 2.45) is 0 Å². The molecule has 0 amide bonds. The first-order valence-electron chi connectivity index (χ1n) is 5.09. The van der Waals surface area contributed by atoms with E-state index in [2.05, 4.69) is 10.2 Å². The van der Waals surface area contributed by atoms with E-state index in [9.17, 15) is 8.42 Å². The molecule has 14 heavy (non-hydrogen) atoms. The van der Waals surface area contributed by atoms with Crippen molar-refractivity contribution in [2.45, 2.75) is 18.1 Å². The van der Waals surface area contributed by atoms with Crippen LogP contribution >= 0.6 is 0 Å². The van der Waals surface area contributed by atoms with Gasteiger partial charge in [0.2, 0.25) is 0 Å². The molecular formula is C9H20N2O2S. The van der Waals surface area contributed by atoms with Gasteiger partial charge in [-0.2, -0.15) is 0 Å². The number of sulfone groups is 1. The molecule has 5 heteroatoms. The van der Waals surface area contributed by atoms with Crippen molar-refractivity contribution in [1.29, 1.82) is 0 Å². The van der Waals surface area contributed by atoms with E-state index in [1.54, 1.807) is 0 Å². The number of hydrogen-bond acceptors (Lipinski definition) is 4. The molecule has 0 radical (unpaired) electrons. The summed E-state index contributed by atoms with van der Waals surface area (Å²) in [6, 6.07) is 0. The Bertz CT molecular complexity index is 262. The van der Waals surface area contributed by atoms with Crippen LogP contribution in [0.3, 0.4) is 0 Å². The molecule has 0 aromatic heterocycles. The molecule has 1 atom stereocenters. The van der Waals surface area contributed by atoms with Crippen LogP contribution in [-0.2, 0) is 9.84 Å². The van der Waals surface area contributed by atoms with Crippen LogP contribution in [0.1, 0.15) is 12.8 Å². The summed E-state index contributed by atoms with van der Waals surface area (Å²) < 4.78 is 22.9. The Kier molecular flexibility index (Phi) is 4.34. The molecule has 4 nitrogen and oxygen atoms in total. The third kappa shape index (κ3) is 3.55. The van der Waals surface area contributed by atoms with E-state index in [-0.39, 0.29) is 5.25 Å². The fourth-order valence-corrected chi connectivity index (χ4v) is 3.45. The Morgan fingerprint density at radius 2 is 2.14 bits per heavy atom. The van der Waals surface area contributed by atoms with Gasteiger partial charge in [0.05, 0.1) is 11.0 Å². The Labute approximate surface area is 86.6 Å². The lowest BCUT2D eigenvalue weighted by molar-refractivity contribution is 0.399. The van der Waals surface area contributed by atoms with Gasteiger partial charge in [-0.3, -0.25) is 0 Å². The van der Waals surface area contributed by atoms with Crippen molar-refractivity contribution in [3.63, 3.8) is 0 Å². The zero-order valence-electron chi connectivity index (χ0n) is 8.99. The van der Waals surface area contributed by atoms with E-state index in [1.165, 1.54) is 0 Å². The monoisotopic (exact) mass is 220 g/mol. The minimum absolute atomic E-state index is 0.135. The van der Waals surface area contributed by atoms with Gasteiger partial charge < -0.3 is 10.2 Å². The average molecular weight is 220 g/mol. The van der Waals surface area contributed by atoms with E-state index < -0.39 is 9.84 Å². The second kappa shape index (κ2) is 5.09. The Morgan fingerprint density at radius 1 is 1.43 bits per heavy atom. The van der Waals surface area contributed by atoms with Gasteiger partial charge in [0.25, 0.3) is 0 Å². The van der Waals surface area contributed by atoms with Crippen LogP contribution < -0.4 is 5.32 Å². The summed E-state index contributed by atoms with van der Waals surface area (Å²) in [4.78, 5) is 2.08. The lowest BCUT2D eigenvalue weighted by atomic mass is 10.2. The average Bonchev–Trinajstić information content (AvgIpc) is 2.39. The maximum Gasteiger partial charge on any atom is 0.154 e. The maximum absolute atomic E-state index is 11.4. The molecule has 0 aromatic rings. The zero-order chi connectivity index (χ0) is 10.6. The first-order valence-corrected chi connectivity index (χ1v) is 6.81. The number of rotatable bonds is 5. The molecule has 1 heterocycles. The van der Waals surface area contributed by atoms with Crippen LogP contribution in [0.4, 0.5) is 0 Å². The summed E-state index contributed by atoms with van der Waals surface area (Å²) in [7, 11) is 1.25. The van der Waals surface area contributed by atoms with Crippen LogP contribution in [0.2, 0.25) is 0 Å². The fraction of sp³-hybridized carbons (Fsp3) is 1.00. The van der Waals surface area contributed by atoms with Gasteiger partial charge in [-0.05, 0) is 26.9 Å². The van der Waals surface area contributed by atoms with Crippen LogP contribution in [0.25, 0.3) is 0 Å². The topological polar surface area (TPSA) is 49.4 Å². The zero-order valence-corrected chi connectivity index (χ0v) is 9.81. The number of nitrogens with zero attached hydrogens (tertiary/aromatic N) is 1. The first-order chi connectivity index (χ1) is 6.52. The summed E-state index contributed by atoms with van der Waals surface area (Å²) in [6.07, 6.45) is 1.67. The van der Waals surface area contributed by atoms with Crippen molar-refractivity contribution >= 4 is 9.84 Å². The fourth-order valence-electron chi connectivity index (χ4n) is 1.65. The van der Waals surface area contributed by atoms with Gasteiger partial charge in [0.1, 0.15) is 0 Å². The second-order valence-electron chi connectivity index (χ2n) is 4.14. The number of hydrogen-bond donors (Lipinski definition) is 1. The van der Waals surface area contributed by atoms with E-state index in [1.807, 2.05) is 14.1 Å². The number of nitrogens with one attached hydrogen (secondary N) is 1. The van der Waals surface area contributed by atoms with Crippen LogP contribution in [-0.4, -0.2) is 58.1 Å². The maximum atomic E-state index is 11.4. The molecule has 0 aromatic carbocycles. The summed E-state index contributed by atoms with van der Waals surface area (Å²) in [5.41, 5.74) is 0. The second-order valence-corrected chi connectivity index (χ2v) is 6.54. The summed E-state index contributed by atoms with van der Waals surface area (Å²) in [5.74, 6) is 0.382. The van der Waals surface area contributed by atoms with E-state index in [4.69, 9.17) is 0 Å². The Hall–Kier alpha value is -0.130. The first kappa shape index (κ1) is 11.9. The summed E-state index contributed by atoms with van der Waals surface area (Å²) in [6.45, 7) is 2.43. The van der Waals surface area contributed by atoms with Crippen molar-refractivity contribution < 1.29 is 8.42 Å². The van der Waals surface area contributed by atoms with Crippen LogP contribution in [0.15, 0.2) is 0 Å². The molecule has 0 aliphatic carbocycles. The molecular weight excluding hydrogens is 200 g/mol. The van der Waals surface area contributed by atoms with Gasteiger partial charge >= 0.3 is 0 Å². The molecule has 1 fully saturated rings. The van der Waals surface area contributed by atoms with Gasteiger partial charge in [-0.25, -0.2) is 8.42 Å². The van der Waals surface area contributed by atoms with Crippen molar-refractivity contribution in [2.75, 3.05) is 39.5 Å². The SMILES string of the molecule is CN(C)CCNCC1CCCS1(=O)=O. The third-order valence-corrected chi connectivity index (χ3v) is 4.85. The van der Waals surface area contributed by atoms with Gasteiger partial charge in [-0.15, -0.1) is 0 Å². The van der Waals surface area contributed by atoms with Crippen LogP contribution in [0.5, 0.6) is 0 Å². The smallest absolute Gasteiger partial charge is 0.154 e. The van der Waals surface area contributed by atoms with Gasteiger partial charge in [0, 0.05) is 19.6 Å². The van der Waals surface area contributed by atoms with Crippen molar-refractivity contribution in [1.82, 2.24) is 10.2 Å². The highest BCUT2D eigenvalue weighted by molar-refractivity contribution is 7.92.